The van der Waals surface area contributed by atoms with Gasteiger partial charge in [0.05, 0.1) is 6.10 Å². The SMILES string of the molecule is O=C(O)NCCC(O)CCl. The van der Waals surface area contributed by atoms with Crippen LogP contribution in [0.1, 0.15) is 6.42 Å². The van der Waals surface area contributed by atoms with Gasteiger partial charge in [-0.25, -0.2) is 4.79 Å². The molecule has 60 valence electrons. The van der Waals surface area contributed by atoms with Crippen LogP contribution in [0, 0.1) is 0 Å². The number of rotatable bonds is 4. The third-order valence-corrected chi connectivity index (χ3v) is 1.29. The lowest BCUT2D eigenvalue weighted by Gasteiger charge is -2.04. The molecule has 0 aromatic heterocycles. The summed E-state index contributed by atoms with van der Waals surface area (Å²) < 4.78 is 0. The molecule has 0 saturated heterocycles. The van der Waals surface area contributed by atoms with Crippen molar-refractivity contribution in [2.75, 3.05) is 12.4 Å². The Balaban J connectivity index is 3.11. The Morgan fingerprint density at radius 1 is 1.70 bits per heavy atom. The largest absolute Gasteiger partial charge is 0.465 e. The summed E-state index contributed by atoms with van der Waals surface area (Å²) >= 11 is 5.24. The highest BCUT2D eigenvalue weighted by atomic mass is 35.5. The maximum absolute atomic E-state index is 9.84. The average Bonchev–Trinajstić information content (AvgIpc) is 1.87. The summed E-state index contributed by atoms with van der Waals surface area (Å²) in [6, 6.07) is 0. The van der Waals surface area contributed by atoms with Gasteiger partial charge in [-0.05, 0) is 6.42 Å². The molecule has 1 unspecified atom stereocenters. The van der Waals surface area contributed by atoms with Crippen molar-refractivity contribution >= 4 is 17.7 Å². The molecule has 0 aromatic carbocycles. The van der Waals surface area contributed by atoms with Gasteiger partial charge in [0.2, 0.25) is 0 Å². The third kappa shape index (κ3) is 5.65. The Bertz CT molecular complexity index is 109. The van der Waals surface area contributed by atoms with Crippen LogP contribution in [0.5, 0.6) is 0 Å². The van der Waals surface area contributed by atoms with Crippen LogP contribution in [-0.2, 0) is 0 Å². The quantitative estimate of drug-likeness (QED) is 0.526. The summed E-state index contributed by atoms with van der Waals surface area (Å²) in [4.78, 5) is 9.84. The van der Waals surface area contributed by atoms with Crippen LogP contribution >= 0.6 is 11.6 Å². The zero-order chi connectivity index (χ0) is 7.98. The van der Waals surface area contributed by atoms with Crippen LogP contribution < -0.4 is 5.32 Å². The van der Waals surface area contributed by atoms with Gasteiger partial charge in [-0.3, -0.25) is 0 Å². The first kappa shape index (κ1) is 9.52. The van der Waals surface area contributed by atoms with Crippen molar-refractivity contribution in [2.24, 2.45) is 0 Å². The molecule has 0 radical (unpaired) electrons. The lowest BCUT2D eigenvalue weighted by molar-refractivity contribution is 0.177. The molecule has 1 atom stereocenters. The minimum Gasteiger partial charge on any atom is -0.465 e. The third-order valence-electron chi connectivity index (χ3n) is 0.932. The van der Waals surface area contributed by atoms with Crippen LogP contribution in [0.2, 0.25) is 0 Å². The van der Waals surface area contributed by atoms with Crippen molar-refractivity contribution in [1.82, 2.24) is 5.32 Å². The molecule has 3 N–H and O–H groups in total. The molecule has 0 aliphatic rings. The van der Waals surface area contributed by atoms with Crippen molar-refractivity contribution in [1.29, 1.82) is 0 Å². The van der Waals surface area contributed by atoms with E-state index >= 15 is 0 Å². The summed E-state index contributed by atoms with van der Waals surface area (Å²) in [6.45, 7) is 0.239. The molecular weight excluding hydrogens is 158 g/mol. The number of halogens is 1. The topological polar surface area (TPSA) is 69.6 Å². The lowest BCUT2D eigenvalue weighted by atomic mass is 10.3. The molecule has 0 spiro atoms. The van der Waals surface area contributed by atoms with Crippen LogP contribution in [0.4, 0.5) is 4.79 Å². The van der Waals surface area contributed by atoms with Gasteiger partial charge in [-0.15, -0.1) is 11.6 Å². The Morgan fingerprint density at radius 2 is 2.30 bits per heavy atom. The number of hydrogen-bond donors (Lipinski definition) is 3. The van der Waals surface area contributed by atoms with Crippen molar-refractivity contribution in [3.05, 3.63) is 0 Å². The summed E-state index contributed by atoms with van der Waals surface area (Å²) in [5.41, 5.74) is 0. The van der Waals surface area contributed by atoms with E-state index in [1.807, 2.05) is 0 Å². The van der Waals surface area contributed by atoms with Crippen molar-refractivity contribution in [3.8, 4) is 0 Å². The van der Waals surface area contributed by atoms with Crippen LogP contribution in [0.15, 0.2) is 0 Å². The van der Waals surface area contributed by atoms with E-state index in [0.717, 1.165) is 0 Å². The Labute approximate surface area is 63.8 Å². The highest BCUT2D eigenvalue weighted by Crippen LogP contribution is 1.91. The normalized spacial score (nSPS) is 12.6. The van der Waals surface area contributed by atoms with Crippen LogP contribution in [-0.4, -0.2) is 34.8 Å². The number of aliphatic hydroxyl groups excluding tert-OH is 1. The fourth-order valence-corrected chi connectivity index (χ4v) is 0.577. The molecule has 4 nitrogen and oxygen atoms in total. The second-order valence-electron chi connectivity index (χ2n) is 1.83. The van der Waals surface area contributed by atoms with Gasteiger partial charge < -0.3 is 15.5 Å². The van der Waals surface area contributed by atoms with E-state index in [1.165, 1.54) is 0 Å². The summed E-state index contributed by atoms with van der Waals surface area (Å²) in [6.07, 6.45) is -1.34. The molecule has 1 amide bonds. The first-order valence-electron chi connectivity index (χ1n) is 2.87. The molecule has 0 rings (SSSR count). The van der Waals surface area contributed by atoms with Crippen molar-refractivity contribution < 1.29 is 15.0 Å². The maximum Gasteiger partial charge on any atom is 0.404 e. The predicted molar refractivity (Wildman–Crippen MR) is 37.4 cm³/mol. The fraction of sp³-hybridized carbons (Fsp3) is 0.800. The highest BCUT2D eigenvalue weighted by Gasteiger charge is 2.01. The van der Waals surface area contributed by atoms with E-state index < -0.39 is 12.2 Å². The van der Waals surface area contributed by atoms with Crippen molar-refractivity contribution in [3.63, 3.8) is 0 Å². The van der Waals surface area contributed by atoms with Crippen molar-refractivity contribution in [2.45, 2.75) is 12.5 Å². The molecule has 0 fully saturated rings. The fourth-order valence-electron chi connectivity index (χ4n) is 0.423. The summed E-state index contributed by atoms with van der Waals surface area (Å²) in [5, 5.41) is 19.0. The second-order valence-corrected chi connectivity index (χ2v) is 2.14. The van der Waals surface area contributed by atoms with Crippen LogP contribution in [0.3, 0.4) is 0 Å². The smallest absolute Gasteiger partial charge is 0.404 e. The van der Waals surface area contributed by atoms with Gasteiger partial charge in [0.15, 0.2) is 0 Å². The predicted octanol–water partition coefficient (Wildman–Crippen LogP) is 0.244. The number of carboxylic acid groups (broad SMARTS) is 1. The van der Waals surface area contributed by atoms with Gasteiger partial charge in [-0.1, -0.05) is 0 Å². The first-order valence-corrected chi connectivity index (χ1v) is 3.41. The zero-order valence-corrected chi connectivity index (χ0v) is 6.14. The molecule has 10 heavy (non-hydrogen) atoms. The number of hydrogen-bond acceptors (Lipinski definition) is 2. The molecule has 0 aliphatic carbocycles. The molecule has 0 heterocycles. The van der Waals surface area contributed by atoms with E-state index in [-0.39, 0.29) is 12.4 Å². The molecule has 0 bridgehead atoms. The monoisotopic (exact) mass is 167 g/mol. The molecule has 0 saturated carbocycles. The highest BCUT2D eigenvalue weighted by molar-refractivity contribution is 6.18. The number of aliphatic hydroxyl groups is 1. The average molecular weight is 168 g/mol. The molecule has 0 aromatic rings. The molecule has 5 heteroatoms. The Hall–Kier alpha value is -0.480. The number of alkyl halides is 1. The number of nitrogens with one attached hydrogen (secondary N) is 1. The Kier molecular flexibility index (Phi) is 5.06. The van der Waals surface area contributed by atoms with E-state index in [1.54, 1.807) is 0 Å². The van der Waals surface area contributed by atoms with Gasteiger partial charge >= 0.3 is 6.09 Å². The summed E-state index contributed by atoms with van der Waals surface area (Å²) in [7, 11) is 0. The van der Waals surface area contributed by atoms with E-state index in [9.17, 15) is 4.79 Å². The number of carbonyl (C=O) groups is 1. The summed E-state index contributed by atoms with van der Waals surface area (Å²) in [5.74, 6) is 0.140. The minimum absolute atomic E-state index is 0.140. The Morgan fingerprint density at radius 3 is 2.70 bits per heavy atom. The molecule has 0 aliphatic heterocycles. The number of amides is 1. The molecular formula is C5H10ClNO3. The van der Waals surface area contributed by atoms with Gasteiger partial charge in [0.1, 0.15) is 0 Å². The van der Waals surface area contributed by atoms with Gasteiger partial charge in [-0.2, -0.15) is 0 Å². The van der Waals surface area contributed by atoms with E-state index in [0.29, 0.717) is 6.42 Å². The van der Waals surface area contributed by atoms with E-state index in [4.69, 9.17) is 21.8 Å². The van der Waals surface area contributed by atoms with E-state index in [2.05, 4.69) is 5.32 Å². The van der Waals surface area contributed by atoms with Crippen LogP contribution in [0.25, 0.3) is 0 Å². The first-order chi connectivity index (χ1) is 4.66. The minimum atomic E-state index is -1.08. The lowest BCUT2D eigenvalue weighted by Crippen LogP contribution is -2.25. The standard InChI is InChI=1S/C5H10ClNO3/c6-3-4(8)1-2-7-5(9)10/h4,7-8H,1-3H2,(H,9,10). The second kappa shape index (κ2) is 5.32. The zero-order valence-electron chi connectivity index (χ0n) is 5.38. The maximum atomic E-state index is 9.84. The van der Waals surface area contributed by atoms with Gasteiger partial charge in [0.25, 0.3) is 0 Å². The van der Waals surface area contributed by atoms with Gasteiger partial charge in [0, 0.05) is 12.4 Å².